The zero-order valence-electron chi connectivity index (χ0n) is 7.82. The van der Waals surface area contributed by atoms with Gasteiger partial charge in [-0.05, 0) is 25.9 Å². The third-order valence-electron chi connectivity index (χ3n) is 3.00. The molecule has 0 aromatic rings. The van der Waals surface area contributed by atoms with E-state index in [1.807, 2.05) is 0 Å². The zero-order valence-corrected chi connectivity index (χ0v) is 7.82. The summed E-state index contributed by atoms with van der Waals surface area (Å²) in [7, 11) is 0. The summed E-state index contributed by atoms with van der Waals surface area (Å²) in [6.07, 6.45) is 1.37. The fourth-order valence-electron chi connectivity index (χ4n) is 2.14. The molecule has 1 atom stereocenters. The first kappa shape index (κ1) is 9.45. The van der Waals surface area contributed by atoms with Gasteiger partial charge in [-0.3, -0.25) is 9.59 Å². The number of hydrogen-bond acceptors (Lipinski definition) is 5. The van der Waals surface area contributed by atoms with Crippen LogP contribution in [-0.4, -0.2) is 31.8 Å². The molecular weight excluding hydrogens is 186 g/mol. The number of ether oxygens (including phenoxy) is 2. The predicted molar refractivity (Wildman–Crippen MR) is 46.2 cm³/mol. The van der Waals surface area contributed by atoms with Crippen molar-refractivity contribution in [1.29, 1.82) is 0 Å². The Morgan fingerprint density at radius 2 is 2.21 bits per heavy atom. The molecule has 0 saturated carbocycles. The monoisotopic (exact) mass is 199 g/mol. The average molecular weight is 199 g/mol. The molecule has 2 rings (SSSR count). The van der Waals surface area contributed by atoms with Crippen LogP contribution in [0.5, 0.6) is 0 Å². The van der Waals surface area contributed by atoms with Gasteiger partial charge in [-0.1, -0.05) is 0 Å². The smallest absolute Gasteiger partial charge is 0.315 e. The Morgan fingerprint density at radius 3 is 2.86 bits per heavy atom. The molecule has 2 heterocycles. The molecule has 0 aromatic carbocycles. The number of esters is 1. The van der Waals surface area contributed by atoms with Crippen molar-refractivity contribution in [2.75, 3.05) is 13.1 Å². The van der Waals surface area contributed by atoms with Gasteiger partial charge in [0.25, 0.3) is 6.47 Å². The molecule has 1 N–H and O–H groups in total. The van der Waals surface area contributed by atoms with Gasteiger partial charge in [0.15, 0.2) is 0 Å². The summed E-state index contributed by atoms with van der Waals surface area (Å²) in [4.78, 5) is 21.7. The number of hydrogen-bond donors (Lipinski definition) is 1. The Kier molecular flexibility index (Phi) is 2.41. The normalized spacial score (nSPS) is 30.0. The zero-order chi connectivity index (χ0) is 10.0. The lowest BCUT2D eigenvalue weighted by molar-refractivity contribution is -0.168. The van der Waals surface area contributed by atoms with Crippen LogP contribution >= 0.6 is 0 Å². The quantitative estimate of drug-likeness (QED) is 0.493. The van der Waals surface area contributed by atoms with E-state index in [-0.39, 0.29) is 5.97 Å². The minimum atomic E-state index is -0.668. The molecule has 14 heavy (non-hydrogen) atoms. The van der Waals surface area contributed by atoms with Crippen LogP contribution in [-0.2, 0) is 19.1 Å². The Labute approximate surface area is 81.7 Å². The van der Waals surface area contributed by atoms with E-state index in [1.54, 1.807) is 0 Å². The van der Waals surface area contributed by atoms with Crippen molar-refractivity contribution in [2.24, 2.45) is 5.41 Å². The minimum Gasteiger partial charge on any atom is -0.427 e. The summed E-state index contributed by atoms with van der Waals surface area (Å²) < 4.78 is 9.63. The molecule has 2 aliphatic heterocycles. The first-order chi connectivity index (χ1) is 6.77. The van der Waals surface area contributed by atoms with E-state index >= 15 is 0 Å². The van der Waals surface area contributed by atoms with Gasteiger partial charge in [0.05, 0.1) is 5.41 Å². The maximum atomic E-state index is 11.6. The molecule has 0 bridgehead atoms. The van der Waals surface area contributed by atoms with Crippen molar-refractivity contribution >= 4 is 12.4 Å². The largest absolute Gasteiger partial charge is 0.427 e. The maximum Gasteiger partial charge on any atom is 0.315 e. The summed E-state index contributed by atoms with van der Waals surface area (Å²) in [6.45, 7) is 1.98. The van der Waals surface area contributed by atoms with Crippen LogP contribution in [0.25, 0.3) is 0 Å². The van der Waals surface area contributed by atoms with E-state index in [0.29, 0.717) is 12.9 Å². The first-order valence-corrected chi connectivity index (χ1v) is 4.78. The van der Waals surface area contributed by atoms with Crippen LogP contribution in [0, 0.1) is 5.41 Å². The fraction of sp³-hybridized carbons (Fsp3) is 0.778. The third kappa shape index (κ3) is 1.48. The lowest BCUT2D eigenvalue weighted by atomic mass is 9.77. The van der Waals surface area contributed by atoms with E-state index in [2.05, 4.69) is 10.1 Å². The molecule has 2 fully saturated rings. The van der Waals surface area contributed by atoms with Gasteiger partial charge >= 0.3 is 5.97 Å². The van der Waals surface area contributed by atoms with Crippen LogP contribution in [0.15, 0.2) is 0 Å². The molecular formula is C9H13NO4. The van der Waals surface area contributed by atoms with Gasteiger partial charge in [0.1, 0.15) is 0 Å². The Morgan fingerprint density at radius 1 is 1.50 bits per heavy atom. The second-order valence-electron chi connectivity index (χ2n) is 3.80. The molecule has 1 unspecified atom stereocenters. The fourth-order valence-corrected chi connectivity index (χ4v) is 2.14. The number of rotatable bonds is 2. The van der Waals surface area contributed by atoms with Gasteiger partial charge < -0.3 is 14.8 Å². The van der Waals surface area contributed by atoms with E-state index in [1.165, 1.54) is 0 Å². The second kappa shape index (κ2) is 3.57. The van der Waals surface area contributed by atoms with Crippen LogP contribution in [0.1, 0.15) is 19.3 Å². The Bertz CT molecular complexity index is 247. The molecule has 5 heteroatoms. The van der Waals surface area contributed by atoms with Crippen molar-refractivity contribution in [2.45, 2.75) is 25.6 Å². The van der Waals surface area contributed by atoms with Crippen molar-refractivity contribution in [3.8, 4) is 0 Å². The topological polar surface area (TPSA) is 64.6 Å². The summed E-state index contributed by atoms with van der Waals surface area (Å²) >= 11 is 0. The highest BCUT2D eigenvalue weighted by Crippen LogP contribution is 2.41. The minimum absolute atomic E-state index is 0.217. The standard InChI is InChI=1S/C9H13NO4/c11-6-13-7-5-9(8(12)14-7)1-3-10-4-2-9/h6-7,10H,1-5H2. The SMILES string of the molecule is O=COC1CC2(CCNCC2)C(=O)O1. The number of carbonyl (C=O) groups excluding carboxylic acids is 2. The van der Waals surface area contributed by atoms with Crippen LogP contribution in [0.4, 0.5) is 0 Å². The lowest BCUT2D eigenvalue weighted by Crippen LogP contribution is -2.39. The Hall–Kier alpha value is -1.10. The molecule has 0 aromatic heterocycles. The number of carbonyl (C=O) groups is 2. The molecule has 2 aliphatic rings. The highest BCUT2D eigenvalue weighted by Gasteiger charge is 2.50. The molecule has 0 radical (unpaired) electrons. The van der Waals surface area contributed by atoms with Crippen molar-refractivity contribution in [3.63, 3.8) is 0 Å². The molecule has 0 aliphatic carbocycles. The van der Waals surface area contributed by atoms with E-state index < -0.39 is 11.7 Å². The van der Waals surface area contributed by atoms with E-state index in [4.69, 9.17) is 4.74 Å². The Balaban J connectivity index is 2.05. The lowest BCUT2D eigenvalue weighted by Gasteiger charge is -2.28. The molecule has 2 saturated heterocycles. The summed E-state index contributed by atoms with van der Waals surface area (Å²) in [6, 6.07) is 0. The molecule has 0 amide bonds. The van der Waals surface area contributed by atoms with Gasteiger partial charge in [-0.25, -0.2) is 0 Å². The van der Waals surface area contributed by atoms with E-state index in [0.717, 1.165) is 25.9 Å². The number of piperidine rings is 1. The first-order valence-electron chi connectivity index (χ1n) is 4.78. The molecule has 1 spiro atoms. The number of cyclic esters (lactones) is 1. The molecule has 78 valence electrons. The van der Waals surface area contributed by atoms with Crippen LogP contribution in [0.2, 0.25) is 0 Å². The van der Waals surface area contributed by atoms with Crippen molar-refractivity contribution in [1.82, 2.24) is 5.32 Å². The van der Waals surface area contributed by atoms with Gasteiger partial charge in [0, 0.05) is 6.42 Å². The summed E-state index contributed by atoms with van der Waals surface area (Å²) in [5, 5.41) is 3.19. The average Bonchev–Trinajstić information content (AvgIpc) is 2.45. The molecule has 5 nitrogen and oxygen atoms in total. The highest BCUT2D eigenvalue weighted by atomic mass is 16.7. The van der Waals surface area contributed by atoms with Crippen molar-refractivity contribution in [3.05, 3.63) is 0 Å². The van der Waals surface area contributed by atoms with Crippen LogP contribution in [0.3, 0.4) is 0 Å². The van der Waals surface area contributed by atoms with Gasteiger partial charge in [-0.2, -0.15) is 0 Å². The van der Waals surface area contributed by atoms with Crippen molar-refractivity contribution < 1.29 is 19.1 Å². The summed E-state index contributed by atoms with van der Waals surface area (Å²) in [5.41, 5.74) is -0.404. The number of nitrogens with one attached hydrogen (secondary N) is 1. The maximum absolute atomic E-state index is 11.6. The highest BCUT2D eigenvalue weighted by molar-refractivity contribution is 5.79. The predicted octanol–water partition coefficient (Wildman–Crippen LogP) is -0.198. The summed E-state index contributed by atoms with van der Waals surface area (Å²) in [5.74, 6) is -0.217. The van der Waals surface area contributed by atoms with Gasteiger partial charge in [-0.15, -0.1) is 0 Å². The van der Waals surface area contributed by atoms with Crippen LogP contribution < -0.4 is 5.32 Å². The van der Waals surface area contributed by atoms with E-state index in [9.17, 15) is 9.59 Å². The van der Waals surface area contributed by atoms with Gasteiger partial charge in [0.2, 0.25) is 6.29 Å². The second-order valence-corrected chi connectivity index (χ2v) is 3.80. The third-order valence-corrected chi connectivity index (χ3v) is 3.00.